The number of nitrogens with one attached hydrogen (secondary N) is 1. The first-order valence-corrected chi connectivity index (χ1v) is 9.19. The Labute approximate surface area is 169 Å². The SMILES string of the molecule is CN1C(=O)N(c2ccc3cc(-c4ccccc4C(F)(F)F)[nH]c(=O)c3c2)C[C@@H]1CO. The van der Waals surface area contributed by atoms with Gasteiger partial charge in [0.25, 0.3) is 5.56 Å². The minimum atomic E-state index is -4.56. The summed E-state index contributed by atoms with van der Waals surface area (Å²) in [6.45, 7) is 0.0845. The van der Waals surface area contributed by atoms with Crippen LogP contribution in [0.5, 0.6) is 0 Å². The van der Waals surface area contributed by atoms with Gasteiger partial charge in [-0.1, -0.05) is 24.3 Å². The van der Waals surface area contributed by atoms with Crippen molar-refractivity contribution < 1.29 is 23.1 Å². The molecule has 1 aliphatic heterocycles. The zero-order chi connectivity index (χ0) is 21.6. The lowest BCUT2D eigenvalue weighted by molar-refractivity contribution is -0.137. The monoisotopic (exact) mass is 417 g/mol. The smallest absolute Gasteiger partial charge is 0.394 e. The lowest BCUT2D eigenvalue weighted by Gasteiger charge is -2.17. The average molecular weight is 417 g/mol. The van der Waals surface area contributed by atoms with E-state index in [1.807, 2.05) is 0 Å². The number of hydrogen-bond acceptors (Lipinski definition) is 3. The number of aliphatic hydroxyl groups excluding tert-OH is 1. The number of alkyl halides is 3. The summed E-state index contributed by atoms with van der Waals surface area (Å²) < 4.78 is 40.1. The number of amides is 2. The quantitative estimate of drug-likeness (QED) is 0.686. The predicted molar refractivity (Wildman–Crippen MR) is 106 cm³/mol. The first kappa shape index (κ1) is 20.0. The Kier molecular flexibility index (Phi) is 4.77. The van der Waals surface area contributed by atoms with Crippen molar-refractivity contribution in [1.29, 1.82) is 0 Å². The van der Waals surface area contributed by atoms with Gasteiger partial charge in [-0.15, -0.1) is 0 Å². The molecule has 0 bridgehead atoms. The van der Waals surface area contributed by atoms with Crippen LogP contribution in [-0.4, -0.2) is 47.3 Å². The maximum atomic E-state index is 13.4. The zero-order valence-corrected chi connectivity index (χ0v) is 15.9. The molecule has 2 heterocycles. The maximum absolute atomic E-state index is 13.4. The van der Waals surface area contributed by atoms with Gasteiger partial charge in [0.1, 0.15) is 0 Å². The highest BCUT2D eigenvalue weighted by atomic mass is 19.4. The molecule has 2 aromatic carbocycles. The van der Waals surface area contributed by atoms with E-state index in [1.54, 1.807) is 19.2 Å². The van der Waals surface area contributed by atoms with Gasteiger partial charge in [0.15, 0.2) is 0 Å². The number of aliphatic hydroxyl groups is 1. The third-order valence-electron chi connectivity index (χ3n) is 5.35. The molecule has 2 amide bonds. The lowest BCUT2D eigenvalue weighted by Crippen LogP contribution is -2.32. The van der Waals surface area contributed by atoms with E-state index >= 15 is 0 Å². The Balaban J connectivity index is 1.79. The number of nitrogens with zero attached hydrogens (tertiary/aromatic N) is 2. The van der Waals surface area contributed by atoms with E-state index < -0.39 is 17.3 Å². The molecule has 0 spiro atoms. The van der Waals surface area contributed by atoms with Gasteiger partial charge in [-0.25, -0.2) is 4.79 Å². The third kappa shape index (κ3) is 3.30. The van der Waals surface area contributed by atoms with Crippen molar-refractivity contribution >= 4 is 22.5 Å². The van der Waals surface area contributed by atoms with Crippen LogP contribution < -0.4 is 10.5 Å². The summed E-state index contributed by atoms with van der Waals surface area (Å²) in [7, 11) is 1.58. The summed E-state index contributed by atoms with van der Waals surface area (Å²) in [6, 6.07) is 10.6. The Hall–Kier alpha value is -3.33. The van der Waals surface area contributed by atoms with Crippen molar-refractivity contribution in [3.05, 3.63) is 64.4 Å². The molecule has 0 radical (unpaired) electrons. The van der Waals surface area contributed by atoms with Crippen LogP contribution in [0.1, 0.15) is 5.56 Å². The number of H-pyrrole nitrogens is 1. The number of carbonyl (C=O) groups excluding carboxylic acids is 1. The average Bonchev–Trinajstić information content (AvgIpc) is 3.01. The number of aromatic nitrogens is 1. The molecule has 4 rings (SSSR count). The van der Waals surface area contributed by atoms with Crippen LogP contribution in [-0.2, 0) is 6.18 Å². The van der Waals surface area contributed by atoms with E-state index in [9.17, 15) is 27.9 Å². The first-order valence-electron chi connectivity index (χ1n) is 9.19. The van der Waals surface area contributed by atoms with Crippen molar-refractivity contribution in [2.24, 2.45) is 0 Å². The summed E-state index contributed by atoms with van der Waals surface area (Å²) in [5, 5.41) is 10.1. The molecule has 1 aliphatic rings. The standard InChI is InChI=1S/C21H18F3N3O3/c1-26-14(11-28)10-27(20(26)30)13-7-6-12-8-18(25-19(29)16(12)9-13)15-4-2-3-5-17(15)21(22,23)24/h2-9,14,28H,10-11H2,1H3,(H,25,29)/t14-/m1/s1. The number of anilines is 1. The molecule has 1 saturated heterocycles. The number of rotatable bonds is 3. The first-order chi connectivity index (χ1) is 14.2. The molecule has 3 aromatic rings. The van der Waals surface area contributed by atoms with E-state index in [2.05, 4.69) is 4.98 Å². The van der Waals surface area contributed by atoms with Gasteiger partial charge in [-0.05, 0) is 29.7 Å². The van der Waals surface area contributed by atoms with Crippen LogP contribution >= 0.6 is 0 Å². The summed E-state index contributed by atoms with van der Waals surface area (Å²) in [5.41, 5.74) is -0.970. The minimum Gasteiger partial charge on any atom is -0.394 e. The maximum Gasteiger partial charge on any atom is 0.417 e. The molecule has 156 valence electrons. The van der Waals surface area contributed by atoms with Crippen LogP contribution in [0.3, 0.4) is 0 Å². The number of benzene rings is 2. The van der Waals surface area contributed by atoms with Crippen LogP contribution in [0.4, 0.5) is 23.7 Å². The largest absolute Gasteiger partial charge is 0.417 e. The number of hydrogen-bond donors (Lipinski definition) is 2. The molecule has 2 N–H and O–H groups in total. The number of carbonyl (C=O) groups is 1. The van der Waals surface area contributed by atoms with Gasteiger partial charge in [0.05, 0.1) is 24.8 Å². The number of aromatic amines is 1. The van der Waals surface area contributed by atoms with E-state index in [4.69, 9.17) is 0 Å². The molecule has 0 unspecified atom stereocenters. The second-order valence-corrected chi connectivity index (χ2v) is 7.17. The van der Waals surface area contributed by atoms with Crippen molar-refractivity contribution in [1.82, 2.24) is 9.88 Å². The predicted octanol–water partition coefficient (Wildman–Crippen LogP) is 3.45. The fourth-order valence-electron chi connectivity index (χ4n) is 3.68. The normalized spacial score (nSPS) is 17.2. The van der Waals surface area contributed by atoms with Crippen molar-refractivity contribution in [3.63, 3.8) is 0 Å². The fourth-order valence-corrected chi connectivity index (χ4v) is 3.68. The zero-order valence-electron chi connectivity index (χ0n) is 15.9. The molecule has 1 fully saturated rings. The van der Waals surface area contributed by atoms with Crippen molar-refractivity contribution in [3.8, 4) is 11.3 Å². The van der Waals surface area contributed by atoms with Gasteiger partial charge in [0.2, 0.25) is 0 Å². The minimum absolute atomic E-state index is 0.0606. The number of likely N-dealkylation sites (N-methyl/N-ethyl adjacent to an activating group) is 1. The highest BCUT2D eigenvalue weighted by Crippen LogP contribution is 2.36. The van der Waals surface area contributed by atoms with Gasteiger partial charge >= 0.3 is 12.2 Å². The number of pyridine rings is 1. The van der Waals surface area contributed by atoms with Crippen LogP contribution in [0, 0.1) is 0 Å². The molecule has 6 nitrogen and oxygen atoms in total. The number of fused-ring (bicyclic) bond motifs is 1. The number of halogens is 3. The summed E-state index contributed by atoms with van der Waals surface area (Å²) >= 11 is 0. The molecule has 30 heavy (non-hydrogen) atoms. The van der Waals surface area contributed by atoms with E-state index in [0.29, 0.717) is 11.1 Å². The van der Waals surface area contributed by atoms with Crippen LogP contribution in [0.25, 0.3) is 22.0 Å². The second kappa shape index (κ2) is 7.17. The molecule has 0 aliphatic carbocycles. The van der Waals surface area contributed by atoms with E-state index in [-0.39, 0.29) is 41.9 Å². The van der Waals surface area contributed by atoms with Gasteiger partial charge < -0.3 is 15.0 Å². The topological polar surface area (TPSA) is 76.6 Å². The molecule has 1 aromatic heterocycles. The van der Waals surface area contributed by atoms with Crippen molar-refractivity contribution in [2.45, 2.75) is 12.2 Å². The summed E-state index contributed by atoms with van der Waals surface area (Å²) in [6.07, 6.45) is -4.56. The highest BCUT2D eigenvalue weighted by molar-refractivity contribution is 5.97. The summed E-state index contributed by atoms with van der Waals surface area (Å²) in [4.78, 5) is 30.5. The lowest BCUT2D eigenvalue weighted by atomic mass is 10.0. The Morgan fingerprint density at radius 2 is 1.87 bits per heavy atom. The van der Waals surface area contributed by atoms with E-state index in [0.717, 1.165) is 6.07 Å². The van der Waals surface area contributed by atoms with Crippen molar-refractivity contribution in [2.75, 3.05) is 25.1 Å². The molecule has 9 heteroatoms. The van der Waals surface area contributed by atoms with Gasteiger partial charge in [-0.3, -0.25) is 9.69 Å². The van der Waals surface area contributed by atoms with Crippen LogP contribution in [0.2, 0.25) is 0 Å². The fraction of sp³-hybridized carbons (Fsp3) is 0.238. The molecular formula is C21H18F3N3O3. The molecule has 0 saturated carbocycles. The second-order valence-electron chi connectivity index (χ2n) is 7.17. The molecule has 1 atom stereocenters. The van der Waals surface area contributed by atoms with E-state index in [1.165, 1.54) is 40.1 Å². The number of urea groups is 1. The molecular weight excluding hydrogens is 399 g/mol. The van der Waals surface area contributed by atoms with Crippen LogP contribution in [0.15, 0.2) is 53.3 Å². The van der Waals surface area contributed by atoms with Gasteiger partial charge in [0, 0.05) is 29.4 Å². The Morgan fingerprint density at radius 1 is 1.13 bits per heavy atom. The Bertz CT molecular complexity index is 1190. The highest BCUT2D eigenvalue weighted by Gasteiger charge is 2.35. The summed E-state index contributed by atoms with van der Waals surface area (Å²) in [5.74, 6) is 0. The van der Waals surface area contributed by atoms with Gasteiger partial charge in [-0.2, -0.15) is 13.2 Å². The Morgan fingerprint density at radius 3 is 2.53 bits per heavy atom. The third-order valence-corrected chi connectivity index (χ3v) is 5.35.